The van der Waals surface area contributed by atoms with E-state index in [0.29, 0.717) is 5.25 Å². The van der Waals surface area contributed by atoms with Gasteiger partial charge in [0.2, 0.25) is 0 Å². The summed E-state index contributed by atoms with van der Waals surface area (Å²) < 4.78 is 0.767. The van der Waals surface area contributed by atoms with Crippen molar-refractivity contribution in [2.45, 2.75) is 11.7 Å². The molecule has 1 rings (SSSR count). The maximum Gasteiger partial charge on any atom is 0.121 e. The molecule has 0 bridgehead atoms. The second kappa shape index (κ2) is 4.39. The highest BCUT2D eigenvalue weighted by molar-refractivity contribution is 9.00. The average molecular weight is 237 g/mol. The predicted octanol–water partition coefficient (Wildman–Crippen LogP) is 2.64. The average Bonchev–Trinajstić information content (AvgIpc) is 2.04. The van der Waals surface area contributed by atoms with Gasteiger partial charge in [0.25, 0.3) is 0 Å². The number of nitrogens with zero attached hydrogens (tertiary/aromatic N) is 1. The largest absolute Gasteiger partial charge is 0.265 e. The molecule has 0 spiro atoms. The summed E-state index contributed by atoms with van der Waals surface area (Å²) in [4.78, 5) is 0. The van der Waals surface area contributed by atoms with Crippen LogP contribution in [0.5, 0.6) is 0 Å². The minimum atomic E-state index is -1.40. The third kappa shape index (κ3) is 2.43. The Hall–Kier alpha value is 0.870. The van der Waals surface area contributed by atoms with Crippen LogP contribution in [0.15, 0.2) is 0 Å². The van der Waals surface area contributed by atoms with Gasteiger partial charge >= 0.3 is 0 Å². The Kier molecular flexibility index (Phi) is 4.01. The molecule has 0 aromatic rings. The van der Waals surface area contributed by atoms with Crippen LogP contribution in [0.1, 0.15) is 6.42 Å². The molecule has 1 nitrogen and oxygen atoms in total. The summed E-state index contributed by atoms with van der Waals surface area (Å²) in [7, 11) is 4.11. The topological polar surface area (TPSA) is 3.24 Å². The van der Waals surface area contributed by atoms with Gasteiger partial charge in [-0.2, -0.15) is 0 Å². The van der Waals surface area contributed by atoms with Gasteiger partial charge in [0, 0.05) is 5.75 Å². The van der Waals surface area contributed by atoms with Crippen LogP contribution in [-0.4, -0.2) is 29.8 Å². The first kappa shape index (κ1) is 10.9. The van der Waals surface area contributed by atoms with Crippen molar-refractivity contribution in [3.8, 4) is 12.3 Å². The number of terminal acetylenes is 1. The van der Waals surface area contributed by atoms with Gasteiger partial charge in [-0.3, -0.25) is 4.67 Å². The summed E-state index contributed by atoms with van der Waals surface area (Å²) in [6.45, 7) is 0. The van der Waals surface area contributed by atoms with Crippen molar-refractivity contribution < 1.29 is 0 Å². The van der Waals surface area contributed by atoms with Gasteiger partial charge < -0.3 is 0 Å². The van der Waals surface area contributed by atoms with Crippen molar-refractivity contribution in [1.29, 1.82) is 0 Å². The van der Waals surface area contributed by atoms with Gasteiger partial charge in [-0.1, -0.05) is 40.5 Å². The van der Waals surface area contributed by atoms with Crippen molar-refractivity contribution in [2.24, 2.45) is 0 Å². The minimum absolute atomic E-state index is 0.347. The Balaban J connectivity index is 2.69. The van der Waals surface area contributed by atoms with E-state index in [4.69, 9.17) is 18.2 Å². The molecule has 2 unspecified atom stereocenters. The second-order valence-corrected chi connectivity index (χ2v) is 14.1. The predicted molar refractivity (Wildman–Crippen MR) is 65.3 cm³/mol. The first-order chi connectivity index (χ1) is 5.58. The van der Waals surface area contributed by atoms with Crippen molar-refractivity contribution in [1.82, 2.24) is 4.67 Å². The van der Waals surface area contributed by atoms with Crippen LogP contribution in [0.3, 0.4) is 0 Å². The normalized spacial score (nSPS) is 36.3. The van der Waals surface area contributed by atoms with E-state index in [1.165, 1.54) is 0 Å². The molecule has 1 heterocycles. The Morgan fingerprint density at radius 3 is 2.83 bits per heavy atom. The number of hydrogen-bond donors (Lipinski definition) is 0. The first-order valence-corrected chi connectivity index (χ1v) is 9.48. The zero-order chi connectivity index (χ0) is 9.19. The molecule has 0 aliphatic carbocycles. The standard InChI is InChI=1S/C7H12NPS3/c1-4-7-5-6-11-9(10,12-7)8(2)3/h1,7H,5-6H2,2-3H3. The fourth-order valence-corrected chi connectivity index (χ4v) is 10.3. The number of rotatable bonds is 1. The van der Waals surface area contributed by atoms with E-state index in [1.807, 2.05) is 22.8 Å². The van der Waals surface area contributed by atoms with Crippen LogP contribution >= 0.6 is 27.4 Å². The Bertz CT molecular complexity index is 246. The summed E-state index contributed by atoms with van der Waals surface area (Å²) in [5.74, 6) is 3.92. The first-order valence-electron chi connectivity index (χ1n) is 3.65. The van der Waals surface area contributed by atoms with E-state index in [1.54, 1.807) is 0 Å². The molecule has 2 atom stereocenters. The highest BCUT2D eigenvalue weighted by atomic mass is 33.2. The van der Waals surface area contributed by atoms with Crippen molar-refractivity contribution in [2.75, 3.05) is 19.8 Å². The molecular formula is C7H12NPS3. The molecule has 68 valence electrons. The van der Waals surface area contributed by atoms with Crippen LogP contribution in [0.25, 0.3) is 0 Å². The van der Waals surface area contributed by atoms with E-state index in [2.05, 4.69) is 24.7 Å². The highest BCUT2D eigenvalue weighted by Crippen LogP contribution is 2.74. The van der Waals surface area contributed by atoms with Gasteiger partial charge in [-0.25, -0.2) is 0 Å². The molecule has 1 aliphatic heterocycles. The summed E-state index contributed by atoms with van der Waals surface area (Å²) in [6, 6.07) is 0. The van der Waals surface area contributed by atoms with E-state index in [9.17, 15) is 0 Å². The minimum Gasteiger partial charge on any atom is -0.265 e. The van der Waals surface area contributed by atoms with E-state index in [0.717, 1.165) is 12.2 Å². The monoisotopic (exact) mass is 237 g/mol. The third-order valence-electron chi connectivity index (χ3n) is 1.57. The molecule has 0 saturated carbocycles. The SMILES string of the molecule is C#CC1CCSP(=S)(N(C)C)S1. The molecule has 12 heavy (non-hydrogen) atoms. The molecular weight excluding hydrogens is 225 g/mol. The van der Waals surface area contributed by atoms with E-state index < -0.39 is 4.59 Å². The summed E-state index contributed by atoms with van der Waals surface area (Å²) in [5, 5.41) is 0.347. The van der Waals surface area contributed by atoms with Gasteiger partial charge in [0.1, 0.15) is 4.59 Å². The molecule has 0 N–H and O–H groups in total. The van der Waals surface area contributed by atoms with Crippen LogP contribution in [-0.2, 0) is 11.8 Å². The van der Waals surface area contributed by atoms with Crippen molar-refractivity contribution in [3.63, 3.8) is 0 Å². The molecule has 0 aromatic carbocycles. The molecule has 1 aliphatic rings. The molecule has 0 radical (unpaired) electrons. The summed E-state index contributed by atoms with van der Waals surface area (Å²) in [5.41, 5.74) is 0. The van der Waals surface area contributed by atoms with E-state index >= 15 is 0 Å². The lowest BCUT2D eigenvalue weighted by Gasteiger charge is -2.33. The lowest BCUT2D eigenvalue weighted by atomic mass is 10.3. The fraction of sp³-hybridized carbons (Fsp3) is 0.714. The van der Waals surface area contributed by atoms with Gasteiger partial charge in [-0.05, 0) is 20.5 Å². The molecule has 1 saturated heterocycles. The molecule has 5 heteroatoms. The summed E-state index contributed by atoms with van der Waals surface area (Å²) >= 11 is 9.32. The molecule has 0 aromatic heterocycles. The van der Waals surface area contributed by atoms with Gasteiger partial charge in [-0.15, -0.1) is 6.42 Å². The molecule has 0 amide bonds. The zero-order valence-corrected chi connectivity index (χ0v) is 10.5. The van der Waals surface area contributed by atoms with Crippen LogP contribution in [0.4, 0.5) is 0 Å². The quantitative estimate of drug-likeness (QED) is 0.509. The molecule has 1 fully saturated rings. The lowest BCUT2D eigenvalue weighted by Crippen LogP contribution is -2.12. The van der Waals surface area contributed by atoms with Crippen LogP contribution in [0.2, 0.25) is 0 Å². The smallest absolute Gasteiger partial charge is 0.121 e. The van der Waals surface area contributed by atoms with Crippen molar-refractivity contribution >= 4 is 39.2 Å². The maximum atomic E-state index is 5.59. The highest BCUT2D eigenvalue weighted by Gasteiger charge is 2.29. The number of hydrogen-bond acceptors (Lipinski definition) is 3. The van der Waals surface area contributed by atoms with Crippen LogP contribution < -0.4 is 0 Å². The Morgan fingerprint density at radius 2 is 2.33 bits per heavy atom. The Labute approximate surface area is 87.6 Å². The van der Waals surface area contributed by atoms with Gasteiger partial charge in [0.05, 0.1) is 5.25 Å². The summed E-state index contributed by atoms with van der Waals surface area (Å²) in [6.07, 6.45) is 6.51. The van der Waals surface area contributed by atoms with E-state index in [-0.39, 0.29) is 0 Å². The Morgan fingerprint density at radius 1 is 1.67 bits per heavy atom. The third-order valence-corrected chi connectivity index (χ3v) is 13.7. The fourth-order valence-electron chi connectivity index (χ4n) is 0.843. The van der Waals surface area contributed by atoms with Crippen LogP contribution in [0, 0.1) is 12.3 Å². The maximum absolute atomic E-state index is 5.59. The zero-order valence-electron chi connectivity index (χ0n) is 7.19. The van der Waals surface area contributed by atoms with Gasteiger partial charge in [0.15, 0.2) is 0 Å². The lowest BCUT2D eigenvalue weighted by molar-refractivity contribution is 0.695. The van der Waals surface area contributed by atoms with Crippen molar-refractivity contribution in [3.05, 3.63) is 0 Å². The second-order valence-electron chi connectivity index (χ2n) is 2.70.